The molecule has 2 aliphatic heterocycles. The average Bonchev–Trinajstić information content (AvgIpc) is 2.94. The van der Waals surface area contributed by atoms with Crippen molar-refractivity contribution in [3.05, 3.63) is 52.5 Å². The Morgan fingerprint density at radius 2 is 2.04 bits per heavy atom. The van der Waals surface area contributed by atoms with Gasteiger partial charge in [-0.3, -0.25) is 14.6 Å². The van der Waals surface area contributed by atoms with Crippen LogP contribution in [0.2, 0.25) is 0 Å². The highest BCUT2D eigenvalue weighted by Gasteiger charge is 2.38. The van der Waals surface area contributed by atoms with Gasteiger partial charge < -0.3 is 0 Å². The number of amides is 1. The zero-order chi connectivity index (χ0) is 20.1. The van der Waals surface area contributed by atoms with Crippen molar-refractivity contribution in [3.63, 3.8) is 0 Å². The summed E-state index contributed by atoms with van der Waals surface area (Å²) in [7, 11) is 1.74. The van der Waals surface area contributed by atoms with Gasteiger partial charge >= 0.3 is 0 Å². The third kappa shape index (κ3) is 3.28. The van der Waals surface area contributed by atoms with E-state index in [0.717, 1.165) is 42.5 Å². The van der Waals surface area contributed by atoms with Crippen LogP contribution in [0.15, 0.2) is 18.2 Å². The molecule has 2 aromatic rings. The van der Waals surface area contributed by atoms with Gasteiger partial charge in [-0.25, -0.2) is 18.7 Å². The van der Waals surface area contributed by atoms with Crippen LogP contribution in [-0.2, 0) is 23.2 Å². The van der Waals surface area contributed by atoms with Crippen LogP contribution < -0.4 is 4.90 Å². The summed E-state index contributed by atoms with van der Waals surface area (Å²) < 4.78 is 27.6. The molecule has 1 amide bonds. The number of fused-ring (bicyclic) bond motifs is 1. The van der Waals surface area contributed by atoms with E-state index < -0.39 is 11.6 Å². The van der Waals surface area contributed by atoms with Crippen LogP contribution in [0.3, 0.4) is 0 Å². The molecule has 1 atom stereocenters. The maximum atomic E-state index is 14.1. The molecule has 0 aliphatic carbocycles. The lowest BCUT2D eigenvalue weighted by molar-refractivity contribution is -0.117. The van der Waals surface area contributed by atoms with Crippen molar-refractivity contribution >= 4 is 11.7 Å². The number of likely N-dealkylation sites (N-methyl/N-ethyl adjacent to an activating group) is 1. The van der Waals surface area contributed by atoms with E-state index in [-0.39, 0.29) is 11.3 Å². The van der Waals surface area contributed by atoms with Crippen LogP contribution in [0.25, 0.3) is 0 Å². The largest absolute Gasteiger partial charge is 0.299 e. The fraction of sp³-hybridized carbons (Fsp3) is 0.476. The number of halogens is 2. The van der Waals surface area contributed by atoms with E-state index in [4.69, 9.17) is 9.97 Å². The van der Waals surface area contributed by atoms with Crippen molar-refractivity contribution in [1.82, 2.24) is 14.9 Å². The van der Waals surface area contributed by atoms with E-state index in [0.29, 0.717) is 30.9 Å². The van der Waals surface area contributed by atoms with Crippen molar-refractivity contribution < 1.29 is 13.6 Å². The molecule has 4 rings (SSSR count). The Labute approximate surface area is 163 Å². The SMILES string of the molecule is Cc1nc([C@@]2(C)CCCN(Cc3cc(F)ccc3F)C2)nc2c1CC(=O)N2C. The fourth-order valence-electron chi connectivity index (χ4n) is 4.29. The minimum Gasteiger partial charge on any atom is -0.299 e. The van der Waals surface area contributed by atoms with E-state index in [1.165, 1.54) is 12.1 Å². The van der Waals surface area contributed by atoms with Crippen molar-refractivity contribution in [2.45, 2.75) is 45.1 Å². The number of rotatable bonds is 3. The number of carbonyl (C=O) groups excluding carboxylic acids is 1. The van der Waals surface area contributed by atoms with Gasteiger partial charge in [0.05, 0.1) is 6.42 Å². The predicted octanol–water partition coefficient (Wildman–Crippen LogP) is 3.14. The summed E-state index contributed by atoms with van der Waals surface area (Å²) in [5.74, 6) is 0.623. The van der Waals surface area contributed by atoms with Crippen LogP contribution in [-0.4, -0.2) is 40.9 Å². The Morgan fingerprint density at radius 3 is 2.82 bits per heavy atom. The smallest absolute Gasteiger partial charge is 0.232 e. The van der Waals surface area contributed by atoms with Crippen LogP contribution >= 0.6 is 0 Å². The number of aryl methyl sites for hydroxylation is 1. The Bertz CT molecular complexity index is 948. The van der Waals surface area contributed by atoms with Crippen molar-refractivity contribution in [3.8, 4) is 0 Å². The summed E-state index contributed by atoms with van der Waals surface area (Å²) in [6, 6.07) is 3.57. The molecule has 0 unspecified atom stereocenters. The number of benzene rings is 1. The van der Waals surface area contributed by atoms with E-state index >= 15 is 0 Å². The third-order valence-corrected chi connectivity index (χ3v) is 5.93. The molecule has 1 aromatic carbocycles. The fourth-order valence-corrected chi connectivity index (χ4v) is 4.29. The van der Waals surface area contributed by atoms with Crippen LogP contribution in [0.5, 0.6) is 0 Å². The van der Waals surface area contributed by atoms with E-state index in [1.807, 2.05) is 6.92 Å². The molecule has 0 radical (unpaired) electrons. The molecular weight excluding hydrogens is 362 g/mol. The van der Waals surface area contributed by atoms with Crippen LogP contribution in [0, 0.1) is 18.6 Å². The minimum atomic E-state index is -0.429. The topological polar surface area (TPSA) is 49.3 Å². The number of likely N-dealkylation sites (tertiary alicyclic amines) is 1. The Kier molecular flexibility index (Phi) is 4.65. The standard InChI is InChI=1S/C21H24F2N4O/c1-13-16-10-18(28)26(3)19(16)25-20(24-13)21(2)7-4-8-27(12-21)11-14-9-15(22)5-6-17(14)23/h5-6,9H,4,7-8,10-12H2,1-3H3/t21-/m0/s1. The molecule has 7 heteroatoms. The minimum absolute atomic E-state index is 0.0292. The first-order valence-corrected chi connectivity index (χ1v) is 9.58. The number of anilines is 1. The molecule has 28 heavy (non-hydrogen) atoms. The lowest BCUT2D eigenvalue weighted by Crippen LogP contribution is -2.45. The lowest BCUT2D eigenvalue weighted by Gasteiger charge is -2.39. The molecule has 148 valence electrons. The Balaban J connectivity index is 1.61. The van der Waals surface area contributed by atoms with Gasteiger partial charge in [0.15, 0.2) is 0 Å². The van der Waals surface area contributed by atoms with Gasteiger partial charge in [0, 0.05) is 42.4 Å². The summed E-state index contributed by atoms with van der Waals surface area (Å²) in [5, 5.41) is 0. The highest BCUT2D eigenvalue weighted by Crippen LogP contribution is 2.36. The number of carbonyl (C=O) groups is 1. The van der Waals surface area contributed by atoms with E-state index in [2.05, 4.69) is 11.8 Å². The Morgan fingerprint density at radius 1 is 1.25 bits per heavy atom. The third-order valence-electron chi connectivity index (χ3n) is 5.93. The van der Waals surface area contributed by atoms with Gasteiger partial charge in [0.2, 0.25) is 5.91 Å². The summed E-state index contributed by atoms with van der Waals surface area (Å²) >= 11 is 0. The van der Waals surface area contributed by atoms with Gasteiger partial charge in [-0.1, -0.05) is 6.92 Å². The zero-order valence-electron chi connectivity index (χ0n) is 16.4. The van der Waals surface area contributed by atoms with E-state index in [9.17, 15) is 13.6 Å². The number of aromatic nitrogens is 2. The quantitative estimate of drug-likeness (QED) is 0.813. The first-order valence-electron chi connectivity index (χ1n) is 9.58. The van der Waals surface area contributed by atoms with Gasteiger partial charge in [-0.15, -0.1) is 0 Å². The lowest BCUT2D eigenvalue weighted by atomic mass is 9.80. The molecule has 0 N–H and O–H groups in total. The number of nitrogens with zero attached hydrogens (tertiary/aromatic N) is 4. The molecule has 0 bridgehead atoms. The monoisotopic (exact) mass is 386 g/mol. The zero-order valence-corrected chi connectivity index (χ0v) is 16.4. The van der Waals surface area contributed by atoms with Gasteiger partial charge in [0.1, 0.15) is 23.3 Å². The first kappa shape index (κ1) is 18.9. The molecule has 0 spiro atoms. The maximum Gasteiger partial charge on any atom is 0.232 e. The maximum absolute atomic E-state index is 14.1. The van der Waals surface area contributed by atoms with Gasteiger partial charge in [0.25, 0.3) is 0 Å². The molecule has 1 fully saturated rings. The second-order valence-corrected chi connectivity index (χ2v) is 8.17. The summed E-state index contributed by atoms with van der Waals surface area (Å²) in [6.07, 6.45) is 2.17. The molecule has 2 aliphatic rings. The Hall–Kier alpha value is -2.41. The molecule has 1 saturated heterocycles. The first-order chi connectivity index (χ1) is 13.3. The van der Waals surface area contributed by atoms with Crippen molar-refractivity contribution in [1.29, 1.82) is 0 Å². The molecule has 5 nitrogen and oxygen atoms in total. The number of hydrogen-bond acceptors (Lipinski definition) is 4. The van der Waals surface area contributed by atoms with E-state index in [1.54, 1.807) is 11.9 Å². The second kappa shape index (κ2) is 6.88. The highest BCUT2D eigenvalue weighted by atomic mass is 19.1. The summed E-state index contributed by atoms with van der Waals surface area (Å²) in [4.78, 5) is 25.3. The average molecular weight is 386 g/mol. The second-order valence-electron chi connectivity index (χ2n) is 8.17. The molecule has 1 aromatic heterocycles. The summed E-state index contributed by atoms with van der Waals surface area (Å²) in [6.45, 7) is 5.84. The number of piperidine rings is 1. The van der Waals surface area contributed by atoms with Crippen LogP contribution in [0.1, 0.15) is 42.4 Å². The molecule has 3 heterocycles. The normalized spacial score (nSPS) is 22.6. The molecule has 0 saturated carbocycles. The molecular formula is C21H24F2N4O. The number of hydrogen-bond donors (Lipinski definition) is 0. The van der Waals surface area contributed by atoms with Gasteiger partial charge in [-0.05, 0) is 44.5 Å². The van der Waals surface area contributed by atoms with Crippen LogP contribution in [0.4, 0.5) is 14.6 Å². The van der Waals surface area contributed by atoms with Crippen molar-refractivity contribution in [2.24, 2.45) is 0 Å². The predicted molar refractivity (Wildman–Crippen MR) is 102 cm³/mol. The summed E-state index contributed by atoms with van der Waals surface area (Å²) in [5.41, 5.74) is 1.79. The van der Waals surface area contributed by atoms with Crippen molar-refractivity contribution in [2.75, 3.05) is 25.0 Å². The highest BCUT2D eigenvalue weighted by molar-refractivity contribution is 5.99. The van der Waals surface area contributed by atoms with Gasteiger partial charge in [-0.2, -0.15) is 0 Å².